The van der Waals surface area contributed by atoms with Gasteiger partial charge in [0.15, 0.2) is 0 Å². The van der Waals surface area contributed by atoms with Crippen molar-refractivity contribution in [1.29, 1.82) is 0 Å². The number of nitrogens with one attached hydrogen (secondary N) is 2. The van der Waals surface area contributed by atoms with Crippen molar-refractivity contribution in [3.8, 4) is 22.4 Å². The fourth-order valence-corrected chi connectivity index (χ4v) is 4.54. The molecule has 0 saturated carbocycles. The topological polar surface area (TPSA) is 74.5 Å². The van der Waals surface area contributed by atoms with Crippen LogP contribution in [0.15, 0.2) is 65.9 Å². The van der Waals surface area contributed by atoms with Gasteiger partial charge >= 0.3 is 0 Å². The Hall–Kier alpha value is -3.22. The molecule has 4 heterocycles. The minimum absolute atomic E-state index is 0.170. The number of hydrogen-bond donors (Lipinski definition) is 3. The monoisotopic (exact) mass is 441 g/mol. The minimum atomic E-state index is -0.723. The van der Waals surface area contributed by atoms with Crippen LogP contribution in [0.1, 0.15) is 25.3 Å². The van der Waals surface area contributed by atoms with Gasteiger partial charge in [-0.2, -0.15) is 0 Å². The molecule has 0 bridgehead atoms. The average Bonchev–Trinajstić information content (AvgIpc) is 3.46. The van der Waals surface area contributed by atoms with Crippen molar-refractivity contribution in [1.82, 2.24) is 14.9 Å². The summed E-state index contributed by atoms with van der Waals surface area (Å²) in [6.45, 7) is 4.22. The molecule has 33 heavy (non-hydrogen) atoms. The normalized spacial score (nSPS) is 19.5. The summed E-state index contributed by atoms with van der Waals surface area (Å²) in [6, 6.07) is 14.9. The number of benzene rings is 1. The molecule has 2 aromatic heterocycles. The number of aliphatic imine (C=N–C) groups is 1. The highest BCUT2D eigenvalue weighted by Crippen LogP contribution is 2.31. The highest BCUT2D eigenvalue weighted by atomic mass is 16.3. The molecule has 1 saturated heterocycles. The van der Waals surface area contributed by atoms with Crippen molar-refractivity contribution in [2.24, 2.45) is 12.0 Å². The van der Waals surface area contributed by atoms with E-state index in [0.717, 1.165) is 59.7 Å². The van der Waals surface area contributed by atoms with Crippen molar-refractivity contribution in [2.45, 2.75) is 31.4 Å². The van der Waals surface area contributed by atoms with Gasteiger partial charge in [0.05, 0.1) is 17.3 Å². The maximum atomic E-state index is 11.0. The van der Waals surface area contributed by atoms with Crippen LogP contribution in [0, 0.1) is 0 Å². The van der Waals surface area contributed by atoms with Crippen LogP contribution >= 0.6 is 0 Å². The number of piperidine rings is 1. The van der Waals surface area contributed by atoms with Crippen LogP contribution in [-0.2, 0) is 7.05 Å². The second-order valence-electron chi connectivity index (χ2n) is 9.21. The summed E-state index contributed by atoms with van der Waals surface area (Å²) in [4.78, 5) is 9.52. The Labute approximate surface area is 195 Å². The Morgan fingerprint density at radius 3 is 2.67 bits per heavy atom. The summed E-state index contributed by atoms with van der Waals surface area (Å²) in [7, 11) is 2.03. The summed E-state index contributed by atoms with van der Waals surface area (Å²) in [5.74, 6) is 0.788. The zero-order valence-corrected chi connectivity index (χ0v) is 19.3. The number of hydrogen-bond acceptors (Lipinski definition) is 5. The highest BCUT2D eigenvalue weighted by molar-refractivity contribution is 6.13. The van der Waals surface area contributed by atoms with E-state index in [1.807, 2.05) is 13.3 Å². The molecule has 1 unspecified atom stereocenters. The lowest BCUT2D eigenvalue weighted by molar-refractivity contribution is 0.0231. The SMILES string of the molecule is CC1C=C(c2ccc(-c3cccc(-c4ccn(C)c4)c3)nc2NCC2(O)CCNCC2)C=N1. The smallest absolute Gasteiger partial charge is 0.134 e. The Bertz CT molecular complexity index is 1200. The van der Waals surface area contributed by atoms with Crippen molar-refractivity contribution in [3.05, 3.63) is 66.5 Å². The molecule has 1 fully saturated rings. The summed E-state index contributed by atoms with van der Waals surface area (Å²) in [5.41, 5.74) is 5.68. The van der Waals surface area contributed by atoms with Crippen LogP contribution in [0.3, 0.4) is 0 Å². The lowest BCUT2D eigenvalue weighted by atomic mass is 9.92. The number of aliphatic hydroxyl groups is 1. The van der Waals surface area contributed by atoms with Gasteiger partial charge in [0.25, 0.3) is 0 Å². The number of aryl methyl sites for hydroxylation is 1. The lowest BCUT2D eigenvalue weighted by Gasteiger charge is -2.33. The van der Waals surface area contributed by atoms with Gasteiger partial charge in [-0.1, -0.05) is 24.3 Å². The van der Waals surface area contributed by atoms with Crippen molar-refractivity contribution in [3.63, 3.8) is 0 Å². The molecule has 6 heteroatoms. The Kier molecular flexibility index (Phi) is 5.87. The molecule has 170 valence electrons. The largest absolute Gasteiger partial charge is 0.388 e. The van der Waals surface area contributed by atoms with Gasteiger partial charge in [0.1, 0.15) is 5.82 Å². The summed E-state index contributed by atoms with van der Waals surface area (Å²) in [6.07, 6.45) is 9.71. The first-order chi connectivity index (χ1) is 16.0. The molecule has 0 amide bonds. The number of pyridine rings is 1. The van der Waals surface area contributed by atoms with Crippen LogP contribution in [-0.4, -0.2) is 52.1 Å². The van der Waals surface area contributed by atoms with E-state index in [2.05, 4.69) is 88.1 Å². The van der Waals surface area contributed by atoms with Gasteiger partial charge in [-0.25, -0.2) is 4.98 Å². The predicted molar refractivity (Wildman–Crippen MR) is 136 cm³/mol. The first kappa shape index (κ1) is 21.6. The molecule has 0 radical (unpaired) electrons. The van der Waals surface area contributed by atoms with E-state index in [0.29, 0.717) is 6.54 Å². The fraction of sp³-hybridized carbons (Fsp3) is 0.333. The van der Waals surface area contributed by atoms with E-state index in [9.17, 15) is 5.11 Å². The molecule has 3 N–H and O–H groups in total. The number of anilines is 1. The van der Waals surface area contributed by atoms with Gasteiger partial charge in [0, 0.05) is 48.9 Å². The maximum absolute atomic E-state index is 11.0. The van der Waals surface area contributed by atoms with E-state index < -0.39 is 5.60 Å². The summed E-state index contributed by atoms with van der Waals surface area (Å²) in [5, 5.41) is 17.8. The third-order valence-corrected chi connectivity index (χ3v) is 6.52. The molecule has 3 aromatic rings. The Morgan fingerprint density at radius 2 is 1.94 bits per heavy atom. The summed E-state index contributed by atoms with van der Waals surface area (Å²) >= 11 is 0. The maximum Gasteiger partial charge on any atom is 0.134 e. The molecule has 2 aliphatic rings. The van der Waals surface area contributed by atoms with Crippen LogP contribution in [0.5, 0.6) is 0 Å². The van der Waals surface area contributed by atoms with E-state index >= 15 is 0 Å². The standard InChI is InChI=1S/C27H31N5O/c1-19-14-23(16-29-19)24-6-7-25(31-26(24)30-18-27(33)9-11-28-12-10-27)21-5-3-4-20(15-21)22-8-13-32(2)17-22/h3-8,13-17,19,28,33H,9-12,18H2,1-2H3,(H,30,31). The lowest BCUT2D eigenvalue weighted by Crippen LogP contribution is -2.46. The summed E-state index contributed by atoms with van der Waals surface area (Å²) < 4.78 is 2.06. The van der Waals surface area contributed by atoms with Gasteiger partial charge in [0.2, 0.25) is 0 Å². The molecule has 1 aromatic carbocycles. The highest BCUT2D eigenvalue weighted by Gasteiger charge is 2.29. The van der Waals surface area contributed by atoms with Crippen molar-refractivity contribution < 1.29 is 5.11 Å². The van der Waals surface area contributed by atoms with Crippen LogP contribution < -0.4 is 10.6 Å². The molecular weight excluding hydrogens is 410 g/mol. The average molecular weight is 442 g/mol. The zero-order chi connectivity index (χ0) is 22.8. The molecule has 0 spiro atoms. The first-order valence-electron chi connectivity index (χ1n) is 11.7. The van der Waals surface area contributed by atoms with Gasteiger partial charge in [-0.15, -0.1) is 0 Å². The van der Waals surface area contributed by atoms with E-state index in [1.54, 1.807) is 0 Å². The number of allylic oxidation sites excluding steroid dienone is 1. The molecule has 1 atom stereocenters. The van der Waals surface area contributed by atoms with Crippen LogP contribution in [0.2, 0.25) is 0 Å². The Balaban J connectivity index is 1.48. The quantitative estimate of drug-likeness (QED) is 0.538. The fourth-order valence-electron chi connectivity index (χ4n) is 4.54. The third kappa shape index (κ3) is 4.77. The van der Waals surface area contributed by atoms with E-state index in [4.69, 9.17) is 4.98 Å². The molecule has 5 rings (SSSR count). The van der Waals surface area contributed by atoms with Crippen molar-refractivity contribution in [2.75, 3.05) is 25.0 Å². The van der Waals surface area contributed by atoms with Crippen LogP contribution in [0.25, 0.3) is 28.0 Å². The van der Waals surface area contributed by atoms with Gasteiger partial charge < -0.3 is 20.3 Å². The predicted octanol–water partition coefficient (Wildman–Crippen LogP) is 4.14. The Morgan fingerprint density at radius 1 is 1.12 bits per heavy atom. The second kappa shape index (κ2) is 8.96. The number of rotatable bonds is 6. The first-order valence-corrected chi connectivity index (χ1v) is 11.7. The van der Waals surface area contributed by atoms with Gasteiger partial charge in [-0.3, -0.25) is 4.99 Å². The van der Waals surface area contributed by atoms with Gasteiger partial charge in [-0.05, 0) is 68.2 Å². The molecule has 0 aliphatic carbocycles. The second-order valence-corrected chi connectivity index (χ2v) is 9.21. The van der Waals surface area contributed by atoms with Crippen molar-refractivity contribution >= 4 is 17.6 Å². The molecule has 6 nitrogen and oxygen atoms in total. The number of aromatic nitrogens is 2. The van der Waals surface area contributed by atoms with E-state index in [-0.39, 0.29) is 6.04 Å². The minimum Gasteiger partial charge on any atom is -0.388 e. The third-order valence-electron chi connectivity index (χ3n) is 6.52. The molecular formula is C27H31N5O. The van der Waals surface area contributed by atoms with Crippen LogP contribution in [0.4, 0.5) is 5.82 Å². The van der Waals surface area contributed by atoms with E-state index in [1.165, 1.54) is 5.56 Å². The molecule has 2 aliphatic heterocycles. The number of nitrogens with zero attached hydrogens (tertiary/aromatic N) is 3. The zero-order valence-electron chi connectivity index (χ0n) is 19.3.